The summed E-state index contributed by atoms with van der Waals surface area (Å²) in [7, 11) is 3.28. The number of aliphatic carboxylic acids is 1. The van der Waals surface area contributed by atoms with Gasteiger partial charge in [-0.15, -0.1) is 0 Å². The standard InChI is InChI=1S/C15H19INO4/c1-16-7-9-6-10(21-3)4-5-11(9)12-8-17(2)14(18)13(12)15(19)20/h4-6,12-13H,7-8H2,1-3H3,(H,19,20)/q-1/t12-,13-/m0/s1. The van der Waals surface area contributed by atoms with Crippen LogP contribution in [0.1, 0.15) is 17.0 Å². The molecule has 0 aromatic heterocycles. The number of carboxylic acid groups (broad SMARTS) is 1. The molecular weight excluding hydrogens is 385 g/mol. The Kier molecular flexibility index (Phi) is 5.08. The maximum atomic E-state index is 12.1. The Morgan fingerprint density at radius 2 is 2.24 bits per heavy atom. The molecule has 6 heteroatoms. The van der Waals surface area contributed by atoms with Crippen LogP contribution in [0.4, 0.5) is 0 Å². The van der Waals surface area contributed by atoms with Gasteiger partial charge < -0.3 is 0 Å². The molecule has 21 heavy (non-hydrogen) atoms. The molecule has 0 saturated carbocycles. The number of hydrogen-bond acceptors (Lipinski definition) is 3. The molecule has 1 aromatic carbocycles. The van der Waals surface area contributed by atoms with E-state index in [0.29, 0.717) is 6.54 Å². The molecule has 1 fully saturated rings. The van der Waals surface area contributed by atoms with Gasteiger partial charge in [-0.05, 0) is 0 Å². The second-order valence-electron chi connectivity index (χ2n) is 5.11. The van der Waals surface area contributed by atoms with Crippen molar-refractivity contribution in [3.8, 4) is 5.75 Å². The summed E-state index contributed by atoms with van der Waals surface area (Å²) in [6, 6.07) is 5.73. The number of ether oxygens (including phenoxy) is 1. The Bertz CT molecular complexity index is 561. The molecule has 2 atom stereocenters. The van der Waals surface area contributed by atoms with E-state index in [4.69, 9.17) is 4.74 Å². The third-order valence-electron chi connectivity index (χ3n) is 3.81. The predicted octanol–water partition coefficient (Wildman–Crippen LogP) is -1.83. The summed E-state index contributed by atoms with van der Waals surface area (Å²) in [5.41, 5.74) is 2.09. The molecule has 116 valence electrons. The van der Waals surface area contributed by atoms with Crippen LogP contribution in [0, 0.1) is 5.92 Å². The van der Waals surface area contributed by atoms with Gasteiger partial charge in [0.1, 0.15) is 0 Å². The SMILES string of the molecule is COc1ccc([C@@H]2CN(C)C(=O)[C@H]2C(=O)O)c(C[I-]C)c1. The predicted molar refractivity (Wildman–Crippen MR) is 74.1 cm³/mol. The fraction of sp³-hybridized carbons (Fsp3) is 0.467. The Morgan fingerprint density at radius 1 is 1.52 bits per heavy atom. The second-order valence-corrected chi connectivity index (χ2v) is 7.40. The average molecular weight is 404 g/mol. The van der Waals surface area contributed by atoms with Gasteiger partial charge in [0.05, 0.1) is 0 Å². The zero-order valence-electron chi connectivity index (χ0n) is 12.3. The summed E-state index contributed by atoms with van der Waals surface area (Å²) >= 11 is 0.0238. The number of carbonyl (C=O) groups excluding carboxylic acids is 1. The normalized spacial score (nSPS) is 21.9. The van der Waals surface area contributed by atoms with E-state index in [-0.39, 0.29) is 33.0 Å². The fourth-order valence-corrected chi connectivity index (χ4v) is 4.27. The monoisotopic (exact) mass is 404 g/mol. The van der Waals surface area contributed by atoms with Crippen molar-refractivity contribution < 1.29 is 40.6 Å². The number of rotatable bonds is 5. The third kappa shape index (κ3) is 3.14. The van der Waals surface area contributed by atoms with Crippen LogP contribution in [0.3, 0.4) is 0 Å². The van der Waals surface area contributed by atoms with Crippen molar-refractivity contribution in [2.45, 2.75) is 10.3 Å². The van der Waals surface area contributed by atoms with E-state index in [1.54, 1.807) is 14.2 Å². The number of halogens is 1. The summed E-state index contributed by atoms with van der Waals surface area (Å²) in [6.45, 7) is 0.456. The number of methoxy groups -OCH3 is 1. The van der Waals surface area contributed by atoms with Crippen molar-refractivity contribution in [2.24, 2.45) is 5.92 Å². The number of alkyl halides is 2. The van der Waals surface area contributed by atoms with Crippen molar-refractivity contribution in [3.63, 3.8) is 0 Å². The van der Waals surface area contributed by atoms with Crippen LogP contribution >= 0.6 is 0 Å². The average Bonchev–Trinajstić information content (AvgIpc) is 2.75. The van der Waals surface area contributed by atoms with Crippen molar-refractivity contribution in [2.75, 3.05) is 25.6 Å². The molecule has 1 aliphatic heterocycles. The van der Waals surface area contributed by atoms with Crippen LogP contribution in [0.15, 0.2) is 18.2 Å². The second kappa shape index (κ2) is 6.64. The molecular formula is C15H19INO4-. The van der Waals surface area contributed by atoms with Crippen LogP contribution in [0.25, 0.3) is 0 Å². The third-order valence-corrected chi connectivity index (χ3v) is 5.39. The first kappa shape index (κ1) is 16.1. The van der Waals surface area contributed by atoms with Gasteiger partial charge in [-0.1, -0.05) is 0 Å². The number of benzene rings is 1. The number of likely N-dealkylation sites (tertiary alicyclic amines) is 1. The Morgan fingerprint density at radius 3 is 2.81 bits per heavy atom. The summed E-state index contributed by atoms with van der Waals surface area (Å²) in [4.78, 5) is 27.2. The van der Waals surface area contributed by atoms with Gasteiger partial charge in [0.25, 0.3) is 0 Å². The van der Waals surface area contributed by atoms with E-state index in [0.717, 1.165) is 21.3 Å². The minimum absolute atomic E-state index is 0.0238. The first-order valence-corrected chi connectivity index (χ1v) is 10.3. The molecule has 1 aromatic rings. The van der Waals surface area contributed by atoms with E-state index >= 15 is 0 Å². The molecule has 1 saturated heterocycles. The quantitative estimate of drug-likeness (QED) is 0.356. The van der Waals surface area contributed by atoms with Gasteiger partial charge >= 0.3 is 134 Å². The summed E-state index contributed by atoms with van der Waals surface area (Å²) in [5.74, 6) is -1.83. The number of hydrogen-bond donors (Lipinski definition) is 1. The molecule has 1 heterocycles. The molecule has 5 nitrogen and oxygen atoms in total. The van der Waals surface area contributed by atoms with Crippen molar-refractivity contribution in [1.29, 1.82) is 0 Å². The molecule has 0 unspecified atom stereocenters. The molecule has 2 rings (SSSR count). The van der Waals surface area contributed by atoms with Crippen LogP contribution in [-0.4, -0.2) is 47.5 Å². The van der Waals surface area contributed by atoms with Gasteiger partial charge in [-0.25, -0.2) is 0 Å². The number of amides is 1. The van der Waals surface area contributed by atoms with E-state index in [9.17, 15) is 14.7 Å². The Labute approximate surface area is 134 Å². The Balaban J connectivity index is 2.44. The molecule has 0 spiro atoms. The van der Waals surface area contributed by atoms with Gasteiger partial charge in [-0.2, -0.15) is 0 Å². The van der Waals surface area contributed by atoms with Crippen molar-refractivity contribution in [3.05, 3.63) is 29.3 Å². The Hall–Kier alpha value is -1.31. The van der Waals surface area contributed by atoms with Gasteiger partial charge in [0.15, 0.2) is 0 Å². The first-order valence-electron chi connectivity index (χ1n) is 6.58. The van der Waals surface area contributed by atoms with Crippen molar-refractivity contribution >= 4 is 11.9 Å². The van der Waals surface area contributed by atoms with Gasteiger partial charge in [0.2, 0.25) is 0 Å². The van der Waals surface area contributed by atoms with Crippen molar-refractivity contribution in [1.82, 2.24) is 4.90 Å². The van der Waals surface area contributed by atoms with Gasteiger partial charge in [-0.3, -0.25) is 0 Å². The number of likely N-dealkylation sites (N-methyl/N-ethyl adjacent to an activating group) is 1. The summed E-state index contributed by atoms with van der Waals surface area (Å²) in [5, 5.41) is 9.39. The molecule has 1 N–H and O–H groups in total. The summed E-state index contributed by atoms with van der Waals surface area (Å²) in [6.07, 6.45) is 0. The topological polar surface area (TPSA) is 66.8 Å². The number of carboxylic acids is 1. The molecule has 0 radical (unpaired) electrons. The maximum absolute atomic E-state index is 12.1. The molecule has 1 amide bonds. The fourth-order valence-electron chi connectivity index (χ4n) is 2.79. The number of carbonyl (C=O) groups is 2. The van der Waals surface area contributed by atoms with E-state index in [1.807, 2.05) is 18.2 Å². The zero-order chi connectivity index (χ0) is 15.6. The minimum atomic E-state index is -1.04. The summed E-state index contributed by atoms with van der Waals surface area (Å²) < 4.78 is 6.20. The van der Waals surface area contributed by atoms with E-state index in [2.05, 4.69) is 4.93 Å². The van der Waals surface area contributed by atoms with Crippen LogP contribution in [-0.2, 0) is 14.0 Å². The molecule has 0 aliphatic carbocycles. The van der Waals surface area contributed by atoms with Gasteiger partial charge in [0, 0.05) is 0 Å². The molecule has 0 bridgehead atoms. The molecule has 1 aliphatic rings. The van der Waals surface area contributed by atoms with Crippen LogP contribution in [0.2, 0.25) is 0 Å². The zero-order valence-corrected chi connectivity index (χ0v) is 14.5. The number of nitrogens with zero attached hydrogens (tertiary/aromatic N) is 1. The van der Waals surface area contributed by atoms with Crippen LogP contribution in [0.5, 0.6) is 5.75 Å². The van der Waals surface area contributed by atoms with E-state index in [1.165, 1.54) is 4.90 Å². The first-order chi connectivity index (χ1) is 9.99. The van der Waals surface area contributed by atoms with E-state index < -0.39 is 11.9 Å². The van der Waals surface area contributed by atoms with Crippen LogP contribution < -0.4 is 25.9 Å².